The van der Waals surface area contributed by atoms with Crippen molar-refractivity contribution in [3.05, 3.63) is 94.0 Å². The number of aromatic nitrogens is 1. The molecule has 27 heavy (non-hydrogen) atoms. The van der Waals surface area contributed by atoms with Crippen LogP contribution >= 0.6 is 15.9 Å². The molecule has 136 valence electrons. The summed E-state index contributed by atoms with van der Waals surface area (Å²) in [7, 11) is 0. The number of halogens is 2. The Bertz CT molecular complexity index is 977. The maximum Gasteiger partial charge on any atom is 0.255 e. The van der Waals surface area contributed by atoms with Gasteiger partial charge in [0.15, 0.2) is 0 Å². The van der Waals surface area contributed by atoms with Crippen LogP contribution in [0.25, 0.3) is 0 Å². The molecule has 0 aliphatic carbocycles. The summed E-state index contributed by atoms with van der Waals surface area (Å²) in [4.78, 5) is 28.4. The number of benzene rings is 2. The number of carbonyl (C=O) groups excluding carboxylic acids is 2. The number of amides is 2. The average Bonchev–Trinajstić information content (AvgIpc) is 2.67. The van der Waals surface area contributed by atoms with Crippen LogP contribution in [0.15, 0.2) is 71.5 Å². The molecule has 0 unspecified atom stereocenters. The second kappa shape index (κ2) is 8.55. The summed E-state index contributed by atoms with van der Waals surface area (Å²) in [5.41, 5.74) is 2.27. The number of nitrogens with one attached hydrogen (secondary N) is 2. The zero-order chi connectivity index (χ0) is 19.2. The second-order valence-electron chi connectivity index (χ2n) is 5.71. The van der Waals surface area contributed by atoms with Crippen molar-refractivity contribution in [2.45, 2.75) is 6.54 Å². The smallest absolute Gasteiger partial charge is 0.255 e. The predicted molar refractivity (Wildman–Crippen MR) is 104 cm³/mol. The van der Waals surface area contributed by atoms with Crippen LogP contribution in [-0.4, -0.2) is 16.8 Å². The van der Waals surface area contributed by atoms with Gasteiger partial charge in [-0.05, 0) is 70.0 Å². The highest BCUT2D eigenvalue weighted by Crippen LogP contribution is 2.13. The van der Waals surface area contributed by atoms with E-state index in [1.165, 1.54) is 24.3 Å². The van der Waals surface area contributed by atoms with Crippen molar-refractivity contribution in [3.8, 4) is 0 Å². The van der Waals surface area contributed by atoms with Crippen molar-refractivity contribution in [2.24, 2.45) is 0 Å². The molecule has 2 N–H and O–H groups in total. The van der Waals surface area contributed by atoms with Crippen LogP contribution in [0.2, 0.25) is 0 Å². The average molecular weight is 428 g/mol. The van der Waals surface area contributed by atoms with E-state index >= 15 is 0 Å². The molecule has 1 heterocycles. The van der Waals surface area contributed by atoms with Crippen LogP contribution in [0.3, 0.4) is 0 Å². The molecular weight excluding hydrogens is 413 g/mol. The van der Waals surface area contributed by atoms with Gasteiger partial charge in [-0.25, -0.2) is 9.37 Å². The Morgan fingerprint density at radius 1 is 0.963 bits per heavy atom. The third-order valence-corrected chi connectivity index (χ3v) is 4.17. The number of carbonyl (C=O) groups is 2. The molecule has 0 radical (unpaired) electrons. The lowest BCUT2D eigenvalue weighted by Gasteiger charge is -2.09. The topological polar surface area (TPSA) is 71.1 Å². The van der Waals surface area contributed by atoms with Crippen molar-refractivity contribution < 1.29 is 14.0 Å². The Kier molecular flexibility index (Phi) is 5.93. The zero-order valence-corrected chi connectivity index (χ0v) is 15.7. The van der Waals surface area contributed by atoms with Gasteiger partial charge in [0.25, 0.3) is 11.8 Å². The highest BCUT2D eigenvalue weighted by Gasteiger charge is 2.08. The van der Waals surface area contributed by atoms with Crippen LogP contribution in [0, 0.1) is 5.82 Å². The summed E-state index contributed by atoms with van der Waals surface area (Å²) in [5.74, 6) is -0.956. The Morgan fingerprint density at radius 2 is 1.74 bits per heavy atom. The van der Waals surface area contributed by atoms with E-state index in [2.05, 4.69) is 31.5 Å². The van der Waals surface area contributed by atoms with Crippen molar-refractivity contribution >= 4 is 33.4 Å². The van der Waals surface area contributed by atoms with Gasteiger partial charge in [0.1, 0.15) is 10.4 Å². The first-order valence-electron chi connectivity index (χ1n) is 8.07. The highest BCUT2D eigenvalue weighted by molar-refractivity contribution is 9.10. The molecule has 0 aliphatic heterocycles. The fourth-order valence-electron chi connectivity index (χ4n) is 2.39. The predicted octanol–water partition coefficient (Wildman–Crippen LogP) is 4.17. The van der Waals surface area contributed by atoms with E-state index in [9.17, 15) is 14.0 Å². The van der Waals surface area contributed by atoms with Gasteiger partial charge in [0.2, 0.25) is 0 Å². The maximum absolute atomic E-state index is 13.0. The van der Waals surface area contributed by atoms with Crippen LogP contribution in [0.4, 0.5) is 10.1 Å². The van der Waals surface area contributed by atoms with Crippen LogP contribution < -0.4 is 10.6 Å². The van der Waals surface area contributed by atoms with Crippen LogP contribution in [0.1, 0.15) is 26.3 Å². The summed E-state index contributed by atoms with van der Waals surface area (Å²) in [6, 6.07) is 15.7. The second-order valence-corrected chi connectivity index (χ2v) is 6.52. The fourth-order valence-corrected chi connectivity index (χ4v) is 2.76. The summed E-state index contributed by atoms with van der Waals surface area (Å²) in [6.07, 6.45) is 1.55. The molecule has 0 bridgehead atoms. The van der Waals surface area contributed by atoms with Crippen LogP contribution in [0.5, 0.6) is 0 Å². The Morgan fingerprint density at radius 3 is 2.48 bits per heavy atom. The van der Waals surface area contributed by atoms with Gasteiger partial charge >= 0.3 is 0 Å². The van der Waals surface area contributed by atoms with Gasteiger partial charge in [-0.1, -0.05) is 12.1 Å². The van der Waals surface area contributed by atoms with Crippen LogP contribution in [-0.2, 0) is 6.54 Å². The van der Waals surface area contributed by atoms with Gasteiger partial charge < -0.3 is 10.6 Å². The van der Waals surface area contributed by atoms with Crippen molar-refractivity contribution in [1.82, 2.24) is 10.3 Å². The first-order valence-corrected chi connectivity index (χ1v) is 8.86. The Balaban J connectivity index is 1.62. The monoisotopic (exact) mass is 427 g/mol. The molecule has 0 atom stereocenters. The zero-order valence-electron chi connectivity index (χ0n) is 14.1. The van der Waals surface area contributed by atoms with Gasteiger partial charge in [-0.3, -0.25) is 9.59 Å². The summed E-state index contributed by atoms with van der Waals surface area (Å²) >= 11 is 3.23. The summed E-state index contributed by atoms with van der Waals surface area (Å²) in [5, 5.41) is 5.58. The third kappa shape index (κ3) is 5.21. The molecule has 0 saturated heterocycles. The normalized spacial score (nSPS) is 10.3. The van der Waals surface area contributed by atoms with Gasteiger partial charge in [0.05, 0.1) is 0 Å². The first kappa shape index (κ1) is 18.7. The van der Waals surface area contributed by atoms with E-state index in [1.807, 2.05) is 6.07 Å². The molecule has 2 amide bonds. The van der Waals surface area contributed by atoms with E-state index in [0.717, 1.165) is 5.56 Å². The van der Waals surface area contributed by atoms with E-state index in [0.29, 0.717) is 28.0 Å². The molecule has 5 nitrogen and oxygen atoms in total. The lowest BCUT2D eigenvalue weighted by atomic mass is 10.1. The molecule has 3 rings (SSSR count). The molecule has 0 fully saturated rings. The molecule has 7 heteroatoms. The molecule has 1 aromatic heterocycles. The molecule has 2 aromatic carbocycles. The standard InChI is InChI=1S/C20H15BrFN3O2/c21-18-11-15(8-9-23-18)19(26)24-12-13-2-1-3-17(10-13)25-20(27)14-4-6-16(22)7-5-14/h1-11H,12H2,(H,24,26)(H,25,27). The lowest BCUT2D eigenvalue weighted by molar-refractivity contribution is 0.0949. The van der Waals surface area contributed by atoms with E-state index < -0.39 is 5.82 Å². The quantitative estimate of drug-likeness (QED) is 0.600. The van der Waals surface area contributed by atoms with Gasteiger partial charge in [0, 0.05) is 29.6 Å². The Hall–Kier alpha value is -3.06. The number of pyridine rings is 1. The Labute approximate surface area is 163 Å². The third-order valence-electron chi connectivity index (χ3n) is 3.73. The number of nitrogens with zero attached hydrogens (tertiary/aromatic N) is 1. The highest BCUT2D eigenvalue weighted by atomic mass is 79.9. The molecule has 0 spiro atoms. The summed E-state index contributed by atoms with van der Waals surface area (Å²) < 4.78 is 13.5. The fraction of sp³-hybridized carbons (Fsp3) is 0.0500. The minimum atomic E-state index is -0.398. The largest absolute Gasteiger partial charge is 0.348 e. The lowest BCUT2D eigenvalue weighted by Crippen LogP contribution is -2.23. The van der Waals surface area contributed by atoms with E-state index in [-0.39, 0.29) is 11.8 Å². The number of anilines is 1. The molecule has 0 aliphatic rings. The summed E-state index contributed by atoms with van der Waals surface area (Å²) in [6.45, 7) is 0.305. The minimum Gasteiger partial charge on any atom is -0.348 e. The van der Waals surface area contributed by atoms with Crippen molar-refractivity contribution in [1.29, 1.82) is 0 Å². The SMILES string of the molecule is O=C(NCc1cccc(NC(=O)c2ccc(F)cc2)c1)c1ccnc(Br)c1. The number of hydrogen-bond acceptors (Lipinski definition) is 3. The van der Waals surface area contributed by atoms with Crippen molar-refractivity contribution in [2.75, 3.05) is 5.32 Å². The number of hydrogen-bond donors (Lipinski definition) is 2. The molecular formula is C20H15BrFN3O2. The van der Waals surface area contributed by atoms with Crippen molar-refractivity contribution in [3.63, 3.8) is 0 Å². The van der Waals surface area contributed by atoms with E-state index in [1.54, 1.807) is 36.5 Å². The van der Waals surface area contributed by atoms with Gasteiger partial charge in [-0.2, -0.15) is 0 Å². The van der Waals surface area contributed by atoms with Gasteiger partial charge in [-0.15, -0.1) is 0 Å². The van der Waals surface area contributed by atoms with E-state index in [4.69, 9.17) is 0 Å². The maximum atomic E-state index is 13.0. The minimum absolute atomic E-state index is 0.223. The first-order chi connectivity index (χ1) is 13.0. The number of rotatable bonds is 5. The molecule has 3 aromatic rings. The molecule has 0 saturated carbocycles.